The molecular weight excluding hydrogens is 1540 g/mol. The lowest BCUT2D eigenvalue weighted by Crippen LogP contribution is -2.93. The Hall–Kier alpha value is 0.590. The van der Waals surface area contributed by atoms with Crippen molar-refractivity contribution in [3.8, 4) is 0 Å². The number of hydrogen-bond donors (Lipinski definition) is 0. The number of hydrogen-bond acceptors (Lipinski definition) is 20. The Morgan fingerprint density at radius 2 is 0.270 bits per heavy atom. The zero-order valence-corrected chi connectivity index (χ0v) is 81.1. The van der Waals surface area contributed by atoms with Crippen LogP contribution in [0.15, 0.2) is 101 Å². The van der Waals surface area contributed by atoms with Gasteiger partial charge in [-0.25, -0.2) is 0 Å². The fourth-order valence-corrected chi connectivity index (χ4v) is 87.1. The van der Waals surface area contributed by atoms with E-state index in [4.69, 9.17) is 82.3 Å². The predicted octanol–water partition coefficient (Wildman–Crippen LogP) is 20.4. The fourth-order valence-electron chi connectivity index (χ4n) is 12.7. The SMILES string of the molecule is C=CCCCC[Si](C)(C)O[Si]12O[Si]3(O[Si](C)(C)CCCCC=C)O[Si]4(O[Si](C)(C)CCCCC=C)O[Si](O[Si](C)(C)CCCCC=C)(O1)O[Si]1(O[Si](C)(C)CCCCC=C)O[Si](O[Si](C)(C)CCCCC=C)(O2)O[Si](O[Si](C)(C)CCCCC=C)(O3)O[Si](O[Si](C)(C)CCCCC=C)(O4)O1. The predicted molar refractivity (Wildman–Crippen MR) is 438 cm³/mol. The van der Waals surface area contributed by atoms with Crippen molar-refractivity contribution in [3.63, 3.8) is 0 Å². The quantitative estimate of drug-likeness (QED) is 0.0318. The van der Waals surface area contributed by atoms with E-state index in [2.05, 4.69) is 157 Å². The van der Waals surface area contributed by atoms with Gasteiger partial charge in [0.25, 0.3) is 0 Å². The molecule has 0 aromatic rings. The summed E-state index contributed by atoms with van der Waals surface area (Å²) >= 11 is 0. The van der Waals surface area contributed by atoms with Crippen molar-refractivity contribution < 1.29 is 82.3 Å². The highest BCUT2D eigenvalue weighted by Gasteiger charge is 2.92. The van der Waals surface area contributed by atoms with Gasteiger partial charge < -0.3 is 82.3 Å². The Morgan fingerprint density at radius 1 is 0.180 bits per heavy atom. The maximum atomic E-state index is 8.23. The van der Waals surface area contributed by atoms with Crippen LogP contribution in [0.3, 0.4) is 0 Å². The molecule has 0 aliphatic carbocycles. The van der Waals surface area contributed by atoms with E-state index in [1.165, 1.54) is 0 Å². The summed E-state index contributed by atoms with van der Waals surface area (Å²) in [5.41, 5.74) is 0. The molecule has 0 amide bonds. The van der Waals surface area contributed by atoms with Crippen LogP contribution in [0.25, 0.3) is 0 Å². The zero-order valence-electron chi connectivity index (χ0n) is 65.1. The van der Waals surface area contributed by atoms with Gasteiger partial charge in [-0.05, 0) is 204 Å². The van der Waals surface area contributed by atoms with E-state index in [1.807, 2.05) is 48.6 Å². The molecule has 0 aromatic heterocycles. The molecule has 20 nitrogen and oxygen atoms in total. The molecule has 6 saturated heterocycles. The van der Waals surface area contributed by atoms with Gasteiger partial charge in [0.1, 0.15) is 0 Å². The summed E-state index contributed by atoms with van der Waals surface area (Å²) in [6.45, 7) is 66.7. The third kappa shape index (κ3) is 30.1. The van der Waals surface area contributed by atoms with Crippen molar-refractivity contribution in [1.82, 2.24) is 0 Å². The second kappa shape index (κ2) is 39.5. The van der Waals surface area contributed by atoms with Crippen LogP contribution in [0.2, 0.25) is 153 Å². The monoisotopic (exact) mass is 1670 g/mol. The van der Waals surface area contributed by atoms with Crippen molar-refractivity contribution in [2.24, 2.45) is 0 Å². The largest absolute Gasteiger partial charge is 0.651 e. The van der Waals surface area contributed by atoms with E-state index in [0.717, 1.165) is 154 Å². The van der Waals surface area contributed by atoms with Crippen molar-refractivity contribution in [2.75, 3.05) is 0 Å². The van der Waals surface area contributed by atoms with Crippen molar-refractivity contribution >= 4 is 139 Å². The molecule has 0 radical (unpaired) electrons. The van der Waals surface area contributed by atoms with E-state index in [9.17, 15) is 0 Å². The van der Waals surface area contributed by atoms with Crippen LogP contribution in [-0.2, 0) is 82.3 Å². The summed E-state index contributed by atoms with van der Waals surface area (Å²) in [6, 6.07) is 5.08. The van der Waals surface area contributed by atoms with Crippen LogP contribution in [0, 0.1) is 0 Å². The summed E-state index contributed by atoms with van der Waals surface area (Å²) in [5, 5.41) is 0. The first-order chi connectivity index (χ1) is 46.6. The fraction of sp³-hybridized carbons (Fsp3) is 0.750. The van der Waals surface area contributed by atoms with Gasteiger partial charge in [0.2, 0.25) is 0 Å². The Bertz CT molecular complexity index is 2040. The van der Waals surface area contributed by atoms with Gasteiger partial charge in [-0.3, -0.25) is 0 Å². The molecule has 0 aromatic carbocycles. The molecule has 6 fully saturated rings. The van der Waals surface area contributed by atoms with Crippen LogP contribution in [0.5, 0.6) is 0 Å². The smallest absolute Gasteiger partial charge is 0.395 e. The molecule has 0 spiro atoms. The van der Waals surface area contributed by atoms with Crippen LogP contribution >= 0.6 is 0 Å². The van der Waals surface area contributed by atoms with Gasteiger partial charge in [-0.15, -0.1) is 52.6 Å². The van der Waals surface area contributed by atoms with Gasteiger partial charge in [-0.2, -0.15) is 0 Å². The van der Waals surface area contributed by atoms with Gasteiger partial charge in [0.15, 0.2) is 66.5 Å². The van der Waals surface area contributed by atoms with Gasteiger partial charge in [-0.1, -0.05) is 151 Å². The van der Waals surface area contributed by atoms with Crippen molar-refractivity contribution in [3.05, 3.63) is 101 Å². The summed E-state index contributed by atoms with van der Waals surface area (Å²) in [7, 11) is -68.7. The minimum Gasteiger partial charge on any atom is -0.395 e. The lowest BCUT2D eigenvalue weighted by Gasteiger charge is -2.61. The highest BCUT2D eigenvalue weighted by molar-refractivity contribution is 7.04. The van der Waals surface area contributed by atoms with E-state index in [0.29, 0.717) is 48.4 Å². The Morgan fingerprint density at radius 3 is 0.350 bits per heavy atom. The van der Waals surface area contributed by atoms with Crippen LogP contribution in [0.4, 0.5) is 0 Å². The number of allylic oxidation sites excluding steroid dienone is 8. The summed E-state index contributed by atoms with van der Waals surface area (Å²) in [5.74, 6) is 0. The Kier molecular flexibility index (Phi) is 36.0. The highest BCUT2D eigenvalue weighted by Crippen LogP contribution is 2.55. The van der Waals surface area contributed by atoms with Crippen LogP contribution in [0.1, 0.15) is 154 Å². The van der Waals surface area contributed by atoms with Crippen molar-refractivity contribution in [2.45, 2.75) is 307 Å². The third-order valence-corrected chi connectivity index (χ3v) is 79.9. The maximum Gasteiger partial charge on any atom is 0.651 e. The van der Waals surface area contributed by atoms with Gasteiger partial charge in [0, 0.05) is 0 Å². The molecule has 8 bridgehead atoms. The molecule has 6 aliphatic rings. The van der Waals surface area contributed by atoms with E-state index < -0.39 is 139 Å². The second-order valence-electron chi connectivity index (χ2n) is 32.4. The Labute approximate surface area is 624 Å². The van der Waals surface area contributed by atoms with E-state index in [1.54, 1.807) is 0 Å². The molecule has 0 saturated carbocycles. The number of unbranched alkanes of at least 4 members (excludes halogenated alkanes) is 16. The van der Waals surface area contributed by atoms with Gasteiger partial charge >= 0.3 is 72.4 Å². The van der Waals surface area contributed by atoms with Gasteiger partial charge in [0.05, 0.1) is 0 Å². The summed E-state index contributed by atoms with van der Waals surface area (Å²) in [4.78, 5) is 0. The minimum absolute atomic E-state index is 0.635. The standard InChI is InChI=1S/C64H136O20Si16/c1-25-33-41-49-57-85(9,10)65-93-73-94(66-86(11,12)58-50-42-34-26-2)76-97(69-89(17,18)61-53-45-37-29-5)78-95(74-93,67-87(13,14)59-51-43-35-27-3)80-99(71-91(21,22)63-55-47-39-31-7)81-96(75-93,68-88(15,16)60-52-44-36-28-4)79-98(77-94,70-90(19,20)62-54-46-38-30-6)83-100(82-97,84-99)72-92(23,24)64-56-48-40-32-8/h25-32H,1-8,33-64H2,9-24H3. The number of rotatable bonds is 56. The zero-order chi connectivity index (χ0) is 74.4. The van der Waals surface area contributed by atoms with Crippen LogP contribution < -0.4 is 0 Å². The average Bonchev–Trinajstić information content (AvgIpc) is 0.679. The third-order valence-electron chi connectivity index (χ3n) is 17.7. The Balaban J connectivity index is 2.18. The summed E-state index contributed by atoms with van der Waals surface area (Å²) < 4.78 is 163. The molecule has 0 N–H and O–H groups in total. The highest BCUT2D eigenvalue weighted by atomic mass is 28.7. The summed E-state index contributed by atoms with van der Waals surface area (Å²) in [6.07, 6.45) is 35.3. The normalized spacial score (nSPS) is 28.2. The molecule has 0 unspecified atom stereocenters. The first-order valence-electron chi connectivity index (χ1n) is 37.5. The second-order valence-corrected chi connectivity index (χ2v) is 88.9. The maximum absolute atomic E-state index is 8.23. The molecule has 100 heavy (non-hydrogen) atoms. The minimum atomic E-state index is -5.40. The topological polar surface area (TPSA) is 185 Å². The van der Waals surface area contributed by atoms with Crippen molar-refractivity contribution in [1.29, 1.82) is 0 Å². The molecular formula is C64H136O20Si16. The lowest BCUT2D eigenvalue weighted by atomic mass is 10.2. The first kappa shape index (κ1) is 91.2. The molecule has 6 aliphatic heterocycles. The first-order valence-corrected chi connectivity index (χ1v) is 75.5. The average molecular weight is 1680 g/mol. The van der Waals surface area contributed by atoms with E-state index in [-0.39, 0.29) is 0 Å². The molecule has 36 heteroatoms. The van der Waals surface area contributed by atoms with E-state index >= 15 is 0 Å². The lowest BCUT2D eigenvalue weighted by molar-refractivity contribution is -0.129. The molecule has 576 valence electrons. The van der Waals surface area contributed by atoms with Crippen LogP contribution in [-0.4, -0.2) is 139 Å². The molecule has 6 rings (SSSR count). The molecule has 0 atom stereocenters. The molecule has 6 heterocycles.